The summed E-state index contributed by atoms with van der Waals surface area (Å²) in [5.74, 6) is 0.118. The smallest absolute Gasteiger partial charge is 0.230 e. The molecule has 0 spiro atoms. The van der Waals surface area contributed by atoms with Crippen molar-refractivity contribution in [1.29, 1.82) is 0 Å². The minimum atomic E-state index is -0.114. The molecule has 4 heteroatoms. The maximum atomic E-state index is 12.4. The number of aryl methyl sites for hydroxylation is 1. The molecule has 0 aliphatic carbocycles. The van der Waals surface area contributed by atoms with E-state index in [2.05, 4.69) is 19.2 Å². The average Bonchev–Trinajstić information content (AvgIpc) is 2.63. The number of rotatable bonds is 3. The summed E-state index contributed by atoms with van der Waals surface area (Å²) in [6, 6.07) is 5.69. The first-order valence-electron chi connectivity index (χ1n) is 7.28. The van der Waals surface area contributed by atoms with Crippen LogP contribution in [0.5, 0.6) is 0 Å². The molecule has 1 aromatic carbocycles. The van der Waals surface area contributed by atoms with E-state index in [-0.39, 0.29) is 30.0 Å². The summed E-state index contributed by atoms with van der Waals surface area (Å²) >= 11 is 0. The third-order valence-electron chi connectivity index (χ3n) is 4.34. The number of hydrogen-bond acceptors (Lipinski definition) is 3. The Morgan fingerprint density at radius 1 is 1.30 bits per heavy atom. The molecule has 110 valence electrons. The van der Waals surface area contributed by atoms with Gasteiger partial charge in [0.25, 0.3) is 0 Å². The molecule has 4 unspecified atom stereocenters. The number of hydrogen-bond donors (Lipinski definition) is 2. The highest BCUT2D eigenvalue weighted by atomic mass is 16.5. The van der Waals surface area contributed by atoms with Crippen molar-refractivity contribution in [3.05, 3.63) is 23.8 Å². The van der Waals surface area contributed by atoms with Crippen LogP contribution in [0.2, 0.25) is 0 Å². The number of carbonyl (C=O) groups is 1. The third kappa shape index (κ3) is 2.80. The van der Waals surface area contributed by atoms with E-state index in [0.717, 1.165) is 23.4 Å². The quantitative estimate of drug-likeness (QED) is 0.834. The fraction of sp³-hybridized carbons (Fsp3) is 0.562. The fourth-order valence-electron chi connectivity index (χ4n) is 2.94. The highest BCUT2D eigenvalue weighted by Gasteiger charge is 2.41. The van der Waals surface area contributed by atoms with Crippen molar-refractivity contribution in [3.63, 3.8) is 0 Å². The molecule has 1 saturated heterocycles. The Bertz CT molecular complexity index is 501. The third-order valence-corrected chi connectivity index (χ3v) is 4.34. The van der Waals surface area contributed by atoms with Crippen LogP contribution in [0.3, 0.4) is 0 Å². The van der Waals surface area contributed by atoms with Crippen LogP contribution >= 0.6 is 0 Å². The van der Waals surface area contributed by atoms with Gasteiger partial charge >= 0.3 is 0 Å². The molecule has 4 nitrogen and oxygen atoms in total. The molecule has 3 N–H and O–H groups in total. The van der Waals surface area contributed by atoms with Gasteiger partial charge in [0.05, 0.1) is 18.1 Å². The first kappa shape index (κ1) is 14.9. The summed E-state index contributed by atoms with van der Waals surface area (Å²) in [6.07, 6.45) is 0.961. The van der Waals surface area contributed by atoms with Crippen LogP contribution in [0.1, 0.15) is 33.3 Å². The largest absolute Gasteiger partial charge is 0.398 e. The van der Waals surface area contributed by atoms with E-state index in [4.69, 9.17) is 10.5 Å². The molecule has 1 amide bonds. The van der Waals surface area contributed by atoms with Crippen LogP contribution < -0.4 is 11.1 Å². The van der Waals surface area contributed by atoms with Crippen LogP contribution in [-0.4, -0.2) is 18.1 Å². The molecule has 0 saturated carbocycles. The summed E-state index contributed by atoms with van der Waals surface area (Å²) in [5, 5.41) is 2.96. The van der Waals surface area contributed by atoms with Gasteiger partial charge in [0.2, 0.25) is 5.91 Å². The van der Waals surface area contributed by atoms with Crippen molar-refractivity contribution in [3.8, 4) is 0 Å². The zero-order valence-corrected chi connectivity index (χ0v) is 12.6. The molecule has 1 aliphatic rings. The lowest BCUT2D eigenvalue weighted by Crippen LogP contribution is -2.32. The summed E-state index contributed by atoms with van der Waals surface area (Å²) in [5.41, 5.74) is 8.54. The maximum absolute atomic E-state index is 12.4. The molecular weight excluding hydrogens is 252 g/mol. The Labute approximate surface area is 120 Å². The van der Waals surface area contributed by atoms with Gasteiger partial charge in [0.1, 0.15) is 0 Å². The number of nitrogen functional groups attached to an aromatic ring is 1. The Morgan fingerprint density at radius 2 is 2.00 bits per heavy atom. The number of carbonyl (C=O) groups excluding carboxylic acids is 1. The molecular formula is C16H24N2O2. The zero-order chi connectivity index (χ0) is 14.9. The van der Waals surface area contributed by atoms with Crippen LogP contribution in [0, 0.1) is 11.8 Å². The Kier molecular flexibility index (Phi) is 4.33. The lowest BCUT2D eigenvalue weighted by Gasteiger charge is -2.18. The topological polar surface area (TPSA) is 64.3 Å². The molecule has 1 fully saturated rings. The summed E-state index contributed by atoms with van der Waals surface area (Å²) in [7, 11) is 0. The van der Waals surface area contributed by atoms with E-state index < -0.39 is 0 Å². The molecule has 0 aromatic heterocycles. The van der Waals surface area contributed by atoms with E-state index in [9.17, 15) is 4.79 Å². The number of amides is 1. The number of benzene rings is 1. The van der Waals surface area contributed by atoms with Crippen molar-refractivity contribution in [2.24, 2.45) is 11.8 Å². The second kappa shape index (κ2) is 5.83. The second-order valence-corrected chi connectivity index (χ2v) is 5.69. The SMILES string of the molecule is CCc1ccc(NC(=O)C2C(C)OC(C)C2C)cc1N. The first-order chi connectivity index (χ1) is 9.43. The molecule has 20 heavy (non-hydrogen) atoms. The van der Waals surface area contributed by atoms with Crippen molar-refractivity contribution in [2.45, 2.75) is 46.3 Å². The van der Waals surface area contributed by atoms with Crippen LogP contribution in [-0.2, 0) is 16.0 Å². The van der Waals surface area contributed by atoms with E-state index in [1.54, 1.807) is 0 Å². The number of nitrogens with two attached hydrogens (primary N) is 1. The molecule has 1 aliphatic heterocycles. The second-order valence-electron chi connectivity index (χ2n) is 5.69. The lowest BCUT2D eigenvalue weighted by atomic mass is 9.89. The predicted molar refractivity (Wildman–Crippen MR) is 81.5 cm³/mol. The highest BCUT2D eigenvalue weighted by Crippen LogP contribution is 2.33. The van der Waals surface area contributed by atoms with Gasteiger partial charge in [-0.1, -0.05) is 19.9 Å². The fourth-order valence-corrected chi connectivity index (χ4v) is 2.94. The Morgan fingerprint density at radius 3 is 2.50 bits per heavy atom. The normalized spacial score (nSPS) is 29.4. The highest BCUT2D eigenvalue weighted by molar-refractivity contribution is 5.93. The van der Waals surface area contributed by atoms with Gasteiger partial charge in [-0.2, -0.15) is 0 Å². The molecule has 0 radical (unpaired) electrons. The Hall–Kier alpha value is -1.55. The molecule has 1 aromatic rings. The number of anilines is 2. The van der Waals surface area contributed by atoms with Gasteiger partial charge in [0, 0.05) is 11.4 Å². The van der Waals surface area contributed by atoms with E-state index in [0.29, 0.717) is 0 Å². The van der Waals surface area contributed by atoms with Crippen molar-refractivity contribution in [1.82, 2.24) is 0 Å². The first-order valence-corrected chi connectivity index (χ1v) is 7.28. The summed E-state index contributed by atoms with van der Waals surface area (Å²) < 4.78 is 5.72. The van der Waals surface area contributed by atoms with Crippen LogP contribution in [0.4, 0.5) is 11.4 Å². The van der Waals surface area contributed by atoms with Crippen molar-refractivity contribution >= 4 is 17.3 Å². The number of nitrogens with one attached hydrogen (secondary N) is 1. The number of ether oxygens (including phenoxy) is 1. The average molecular weight is 276 g/mol. The van der Waals surface area contributed by atoms with E-state index in [1.807, 2.05) is 32.0 Å². The van der Waals surface area contributed by atoms with Gasteiger partial charge < -0.3 is 15.8 Å². The predicted octanol–water partition coefficient (Wildman–Crippen LogP) is 2.83. The Balaban J connectivity index is 2.10. The van der Waals surface area contributed by atoms with Gasteiger partial charge in [0.15, 0.2) is 0 Å². The maximum Gasteiger partial charge on any atom is 0.230 e. The van der Waals surface area contributed by atoms with Crippen LogP contribution in [0.15, 0.2) is 18.2 Å². The molecule has 2 rings (SSSR count). The summed E-state index contributed by atoms with van der Waals surface area (Å²) in [6.45, 7) is 8.10. The zero-order valence-electron chi connectivity index (χ0n) is 12.6. The monoisotopic (exact) mass is 276 g/mol. The standard InChI is InChI=1S/C16H24N2O2/c1-5-12-6-7-13(8-14(12)17)18-16(19)15-9(2)10(3)20-11(15)4/h6-11,15H,5,17H2,1-4H3,(H,18,19). The van der Waals surface area contributed by atoms with Crippen molar-refractivity contribution < 1.29 is 9.53 Å². The van der Waals surface area contributed by atoms with E-state index in [1.165, 1.54) is 0 Å². The van der Waals surface area contributed by atoms with Gasteiger partial charge in [-0.15, -0.1) is 0 Å². The van der Waals surface area contributed by atoms with Gasteiger partial charge in [-0.3, -0.25) is 4.79 Å². The minimum absolute atomic E-state index is 0.0120. The minimum Gasteiger partial charge on any atom is -0.398 e. The molecule has 0 bridgehead atoms. The van der Waals surface area contributed by atoms with Gasteiger partial charge in [-0.25, -0.2) is 0 Å². The van der Waals surface area contributed by atoms with Crippen molar-refractivity contribution in [2.75, 3.05) is 11.1 Å². The van der Waals surface area contributed by atoms with Gasteiger partial charge in [-0.05, 0) is 43.9 Å². The molecule has 4 atom stereocenters. The lowest BCUT2D eigenvalue weighted by molar-refractivity contribution is -0.121. The molecule has 1 heterocycles. The van der Waals surface area contributed by atoms with Crippen LogP contribution in [0.25, 0.3) is 0 Å². The summed E-state index contributed by atoms with van der Waals surface area (Å²) in [4.78, 5) is 12.4. The van der Waals surface area contributed by atoms with E-state index >= 15 is 0 Å².